The Labute approximate surface area is 397 Å². The summed E-state index contributed by atoms with van der Waals surface area (Å²) in [6, 6.07) is -0.837. The molecule has 0 radical (unpaired) electrons. The lowest BCUT2D eigenvalue weighted by Crippen LogP contribution is -2.47. The SMILES string of the molecule is CCCCCCCCCCCC/C=C/C(OC(=O)CCCCCCCCCCCCC)C(COP(=O)(O)OCC[N+](C)(C)C)NC(=O)CCCCCCCCCCCCCCCCC. The highest BCUT2D eigenvalue weighted by molar-refractivity contribution is 7.47. The Bertz CT molecular complexity index is 1110. The molecule has 10 heteroatoms. The normalized spacial score (nSPS) is 13.9. The first-order chi connectivity index (χ1) is 30.9. The Morgan fingerprint density at radius 1 is 0.531 bits per heavy atom. The van der Waals surface area contributed by atoms with E-state index in [1.165, 1.54) is 180 Å². The molecule has 0 heterocycles. The molecule has 0 aromatic rings. The van der Waals surface area contributed by atoms with Crippen molar-refractivity contribution in [2.24, 2.45) is 0 Å². The number of amides is 1. The molecule has 0 aromatic heterocycles. The van der Waals surface area contributed by atoms with Crippen LogP contribution < -0.4 is 5.32 Å². The lowest BCUT2D eigenvalue weighted by molar-refractivity contribution is -0.870. The maximum absolute atomic E-state index is 13.4. The van der Waals surface area contributed by atoms with Crippen molar-refractivity contribution in [3.05, 3.63) is 12.2 Å². The van der Waals surface area contributed by atoms with Crippen molar-refractivity contribution in [2.45, 2.75) is 283 Å². The summed E-state index contributed by atoms with van der Waals surface area (Å²) in [4.78, 5) is 37.4. The van der Waals surface area contributed by atoms with E-state index in [9.17, 15) is 19.0 Å². The van der Waals surface area contributed by atoms with E-state index in [-0.39, 0.29) is 25.1 Å². The molecule has 0 rings (SSSR count). The topological polar surface area (TPSA) is 111 Å². The van der Waals surface area contributed by atoms with Crippen LogP contribution in [0.1, 0.15) is 271 Å². The number of rotatable bonds is 50. The fraction of sp³-hybridized carbons (Fsp3) is 0.926. The summed E-state index contributed by atoms with van der Waals surface area (Å²) in [5.41, 5.74) is 0. The van der Waals surface area contributed by atoms with E-state index >= 15 is 0 Å². The van der Waals surface area contributed by atoms with Gasteiger partial charge in [-0.3, -0.25) is 18.6 Å². The van der Waals surface area contributed by atoms with Crippen molar-refractivity contribution in [3.8, 4) is 0 Å². The number of esters is 1. The molecule has 1 amide bonds. The monoisotopic (exact) mass is 928 g/mol. The van der Waals surface area contributed by atoms with Gasteiger partial charge in [-0.2, -0.15) is 0 Å². The molecule has 2 N–H and O–H groups in total. The first-order valence-corrected chi connectivity index (χ1v) is 29.0. The van der Waals surface area contributed by atoms with Crippen LogP contribution in [0.5, 0.6) is 0 Å². The van der Waals surface area contributed by atoms with Gasteiger partial charge in [0.1, 0.15) is 19.3 Å². The average Bonchev–Trinajstić information content (AvgIpc) is 3.25. The van der Waals surface area contributed by atoms with Gasteiger partial charge >= 0.3 is 13.8 Å². The van der Waals surface area contributed by atoms with E-state index < -0.39 is 20.0 Å². The number of ether oxygens (including phenoxy) is 1. The highest BCUT2D eigenvalue weighted by atomic mass is 31.2. The number of phosphoric acid groups is 1. The molecule has 0 aliphatic heterocycles. The minimum Gasteiger partial charge on any atom is -0.456 e. The molecular formula is C54H108N2O7P+. The van der Waals surface area contributed by atoms with E-state index in [2.05, 4.69) is 26.1 Å². The van der Waals surface area contributed by atoms with E-state index in [1.807, 2.05) is 33.3 Å². The standard InChI is InChI=1S/C54H107N2O7P/c1-7-10-13-16-19-22-25-27-28-29-32-34-37-40-43-46-53(57)55-51(50-62-64(59,60)61-49-48-56(4,5)6)52(45-42-39-36-33-31-26-23-20-17-14-11-8-2)63-54(58)47-44-41-38-35-30-24-21-18-15-12-9-3/h42,45,51-52H,7-41,43-44,46-50H2,1-6H3,(H-,55,57,59,60)/p+1/b45-42+. The quantitative estimate of drug-likeness (QED) is 0.0205. The highest BCUT2D eigenvalue weighted by Gasteiger charge is 2.30. The number of likely N-dealkylation sites (N-methyl/N-ethyl adjacent to an activating group) is 1. The van der Waals surface area contributed by atoms with Gasteiger partial charge in [0.05, 0.1) is 33.8 Å². The number of carbonyl (C=O) groups excluding carboxylic acids is 2. The van der Waals surface area contributed by atoms with Crippen molar-refractivity contribution in [3.63, 3.8) is 0 Å². The molecule has 0 aliphatic rings. The Morgan fingerprint density at radius 2 is 0.891 bits per heavy atom. The van der Waals surface area contributed by atoms with E-state index in [0.29, 0.717) is 23.9 Å². The summed E-state index contributed by atoms with van der Waals surface area (Å²) in [6.07, 6.45) is 49.1. The van der Waals surface area contributed by atoms with Crippen LogP contribution in [-0.4, -0.2) is 74.3 Å². The second kappa shape index (κ2) is 45.5. The third kappa shape index (κ3) is 45.9. The average molecular weight is 928 g/mol. The predicted molar refractivity (Wildman–Crippen MR) is 273 cm³/mol. The number of quaternary nitrogens is 1. The summed E-state index contributed by atoms with van der Waals surface area (Å²) in [6.45, 7) is 7.03. The number of hydrogen-bond donors (Lipinski definition) is 2. The molecule has 3 unspecified atom stereocenters. The van der Waals surface area contributed by atoms with Crippen molar-refractivity contribution in [1.29, 1.82) is 0 Å². The number of hydrogen-bond acceptors (Lipinski definition) is 6. The van der Waals surface area contributed by atoms with Crippen LogP contribution in [0.25, 0.3) is 0 Å². The third-order valence-electron chi connectivity index (χ3n) is 12.5. The molecular weight excluding hydrogens is 820 g/mol. The Balaban J connectivity index is 5.34. The fourth-order valence-electron chi connectivity index (χ4n) is 8.18. The van der Waals surface area contributed by atoms with Crippen molar-refractivity contribution < 1.29 is 37.3 Å². The largest absolute Gasteiger partial charge is 0.472 e. The van der Waals surface area contributed by atoms with E-state index in [1.54, 1.807) is 0 Å². The van der Waals surface area contributed by atoms with Crippen molar-refractivity contribution in [2.75, 3.05) is 40.9 Å². The Hall–Kier alpha value is -1.25. The maximum atomic E-state index is 13.4. The smallest absolute Gasteiger partial charge is 0.456 e. The van der Waals surface area contributed by atoms with Gasteiger partial charge in [0.25, 0.3) is 0 Å². The van der Waals surface area contributed by atoms with Gasteiger partial charge in [0, 0.05) is 12.8 Å². The second-order valence-corrected chi connectivity index (χ2v) is 21.6. The molecule has 0 fully saturated rings. The molecule has 9 nitrogen and oxygen atoms in total. The Morgan fingerprint density at radius 3 is 1.28 bits per heavy atom. The first kappa shape index (κ1) is 62.8. The van der Waals surface area contributed by atoms with E-state index in [0.717, 1.165) is 57.8 Å². The lowest BCUT2D eigenvalue weighted by atomic mass is 10.0. The molecule has 3 atom stereocenters. The van der Waals surface area contributed by atoms with Gasteiger partial charge in [-0.1, -0.05) is 239 Å². The second-order valence-electron chi connectivity index (χ2n) is 20.1. The zero-order valence-electron chi connectivity index (χ0n) is 43.3. The van der Waals surface area contributed by atoms with Crippen LogP contribution in [0, 0.1) is 0 Å². The molecule has 0 spiro atoms. The van der Waals surface area contributed by atoms with Crippen LogP contribution in [-0.2, 0) is 27.9 Å². The predicted octanol–water partition coefficient (Wildman–Crippen LogP) is 16.1. The summed E-state index contributed by atoms with van der Waals surface area (Å²) >= 11 is 0. The molecule has 0 saturated carbocycles. The van der Waals surface area contributed by atoms with Gasteiger partial charge in [0.15, 0.2) is 0 Å². The molecule has 380 valence electrons. The maximum Gasteiger partial charge on any atom is 0.472 e. The number of allylic oxidation sites excluding steroid dienone is 1. The summed E-state index contributed by atoms with van der Waals surface area (Å²) < 4.78 is 30.5. The lowest BCUT2D eigenvalue weighted by Gasteiger charge is -2.27. The number of unbranched alkanes of at least 4 members (excludes halogenated alkanes) is 34. The molecule has 64 heavy (non-hydrogen) atoms. The molecule has 0 bridgehead atoms. The third-order valence-corrected chi connectivity index (χ3v) is 13.5. The summed E-state index contributed by atoms with van der Waals surface area (Å²) in [5.74, 6) is -0.492. The van der Waals surface area contributed by atoms with Crippen LogP contribution in [0.2, 0.25) is 0 Å². The van der Waals surface area contributed by atoms with Gasteiger partial charge < -0.3 is 19.4 Å². The fourth-order valence-corrected chi connectivity index (χ4v) is 8.91. The van der Waals surface area contributed by atoms with Gasteiger partial charge in [-0.05, 0) is 31.8 Å². The van der Waals surface area contributed by atoms with Gasteiger partial charge in [-0.15, -0.1) is 0 Å². The summed E-state index contributed by atoms with van der Waals surface area (Å²) in [5, 5.41) is 3.05. The van der Waals surface area contributed by atoms with Crippen LogP contribution in [0.4, 0.5) is 0 Å². The zero-order valence-corrected chi connectivity index (χ0v) is 44.2. The molecule has 0 saturated heterocycles. The number of phosphoric ester groups is 1. The Kier molecular flexibility index (Phi) is 44.6. The summed E-state index contributed by atoms with van der Waals surface area (Å²) in [7, 11) is 1.51. The number of carbonyl (C=O) groups is 2. The molecule has 0 aromatic carbocycles. The molecule has 0 aliphatic carbocycles. The first-order valence-electron chi connectivity index (χ1n) is 27.5. The van der Waals surface area contributed by atoms with Crippen LogP contribution in [0.3, 0.4) is 0 Å². The number of nitrogens with one attached hydrogen (secondary N) is 1. The minimum atomic E-state index is -4.43. The van der Waals surface area contributed by atoms with Crippen LogP contribution >= 0.6 is 7.82 Å². The zero-order chi connectivity index (χ0) is 47.3. The van der Waals surface area contributed by atoms with Crippen molar-refractivity contribution >= 4 is 19.7 Å². The minimum absolute atomic E-state index is 0.0453. The van der Waals surface area contributed by atoms with E-state index in [4.69, 9.17) is 13.8 Å². The van der Waals surface area contributed by atoms with Gasteiger partial charge in [0.2, 0.25) is 5.91 Å². The van der Waals surface area contributed by atoms with Gasteiger partial charge in [-0.25, -0.2) is 4.57 Å². The highest BCUT2D eigenvalue weighted by Crippen LogP contribution is 2.43. The number of nitrogens with zero attached hydrogens (tertiary/aromatic N) is 1. The van der Waals surface area contributed by atoms with Crippen molar-refractivity contribution in [1.82, 2.24) is 5.32 Å². The van der Waals surface area contributed by atoms with Crippen LogP contribution in [0.15, 0.2) is 12.2 Å².